The highest BCUT2D eigenvalue weighted by molar-refractivity contribution is 6.69. The fourth-order valence-corrected chi connectivity index (χ4v) is 2.63. The first-order valence-corrected chi connectivity index (χ1v) is 6.10. The molecule has 17 heavy (non-hydrogen) atoms. The second-order valence-electron chi connectivity index (χ2n) is 4.00. The number of benzene rings is 1. The normalized spacial score (nSPS) is 10.5. The number of halogens is 2. The van der Waals surface area contributed by atoms with Crippen LogP contribution in [-0.4, -0.2) is 10.5 Å². The zero-order valence-electron chi connectivity index (χ0n) is 10.3. The summed E-state index contributed by atoms with van der Waals surface area (Å²) in [4.78, 5) is 23.0. The van der Waals surface area contributed by atoms with E-state index < -0.39 is 10.5 Å². The summed E-state index contributed by atoms with van der Waals surface area (Å²) in [6, 6.07) is 0. The molecule has 0 heterocycles. The molecule has 0 aromatic heterocycles. The van der Waals surface area contributed by atoms with Crippen molar-refractivity contribution in [1.29, 1.82) is 0 Å². The summed E-state index contributed by atoms with van der Waals surface area (Å²) >= 11 is 11.2. The first kappa shape index (κ1) is 14.2. The van der Waals surface area contributed by atoms with Crippen LogP contribution in [0.1, 0.15) is 49.9 Å². The predicted molar refractivity (Wildman–Crippen MR) is 70.4 cm³/mol. The van der Waals surface area contributed by atoms with Crippen molar-refractivity contribution in [2.24, 2.45) is 0 Å². The molecule has 0 fully saturated rings. The number of hydrogen-bond donors (Lipinski definition) is 0. The molecule has 0 radical (unpaired) electrons. The first-order valence-electron chi connectivity index (χ1n) is 5.35. The van der Waals surface area contributed by atoms with Gasteiger partial charge in [-0.3, -0.25) is 9.59 Å². The van der Waals surface area contributed by atoms with Crippen LogP contribution in [-0.2, 0) is 6.42 Å². The Morgan fingerprint density at radius 1 is 0.882 bits per heavy atom. The molecule has 0 spiro atoms. The van der Waals surface area contributed by atoms with Crippen molar-refractivity contribution in [2.75, 3.05) is 0 Å². The zero-order chi connectivity index (χ0) is 13.3. The summed E-state index contributed by atoms with van der Waals surface area (Å²) in [7, 11) is 0. The van der Waals surface area contributed by atoms with E-state index in [4.69, 9.17) is 23.2 Å². The Hall–Kier alpha value is -0.860. The second kappa shape index (κ2) is 5.19. The quantitative estimate of drug-likeness (QED) is 0.782. The molecule has 1 aromatic carbocycles. The van der Waals surface area contributed by atoms with Crippen LogP contribution in [0.25, 0.3) is 0 Å². The summed E-state index contributed by atoms with van der Waals surface area (Å²) in [6.07, 6.45) is 0.545. The minimum atomic E-state index is -0.540. The van der Waals surface area contributed by atoms with Crippen molar-refractivity contribution in [3.8, 4) is 0 Å². The fraction of sp³-hybridized carbons (Fsp3) is 0.385. The molecule has 0 bridgehead atoms. The van der Waals surface area contributed by atoms with Crippen molar-refractivity contribution in [3.63, 3.8) is 0 Å². The topological polar surface area (TPSA) is 34.1 Å². The van der Waals surface area contributed by atoms with E-state index in [0.717, 1.165) is 16.7 Å². The zero-order valence-corrected chi connectivity index (χ0v) is 11.8. The van der Waals surface area contributed by atoms with E-state index in [-0.39, 0.29) is 0 Å². The molecular weight excluding hydrogens is 259 g/mol. The molecular formula is C13H14Cl2O2. The molecule has 0 aliphatic heterocycles. The van der Waals surface area contributed by atoms with E-state index in [2.05, 4.69) is 0 Å². The van der Waals surface area contributed by atoms with Gasteiger partial charge in [0.2, 0.25) is 0 Å². The maximum Gasteiger partial charge on any atom is 0.252 e. The maximum atomic E-state index is 11.5. The Balaban J connectivity index is 3.85. The molecule has 0 saturated carbocycles. The maximum absolute atomic E-state index is 11.5. The Morgan fingerprint density at radius 3 is 1.47 bits per heavy atom. The Bertz CT molecular complexity index is 464. The summed E-state index contributed by atoms with van der Waals surface area (Å²) in [5.74, 6) is 0. The Kier molecular flexibility index (Phi) is 4.34. The average molecular weight is 273 g/mol. The van der Waals surface area contributed by atoms with Crippen LogP contribution in [0, 0.1) is 20.8 Å². The van der Waals surface area contributed by atoms with E-state index in [1.54, 1.807) is 0 Å². The highest BCUT2D eigenvalue weighted by atomic mass is 35.5. The van der Waals surface area contributed by atoms with Gasteiger partial charge < -0.3 is 0 Å². The predicted octanol–water partition coefficient (Wildman–Crippen LogP) is 3.93. The molecule has 0 aliphatic carbocycles. The van der Waals surface area contributed by atoms with Gasteiger partial charge in [0.15, 0.2) is 0 Å². The summed E-state index contributed by atoms with van der Waals surface area (Å²) < 4.78 is 0. The molecule has 0 amide bonds. The van der Waals surface area contributed by atoms with Gasteiger partial charge >= 0.3 is 0 Å². The molecule has 1 aromatic rings. The van der Waals surface area contributed by atoms with E-state index >= 15 is 0 Å². The van der Waals surface area contributed by atoms with Gasteiger partial charge in [0.05, 0.1) is 0 Å². The van der Waals surface area contributed by atoms with Gasteiger partial charge in [-0.1, -0.05) is 6.92 Å². The van der Waals surface area contributed by atoms with Crippen LogP contribution in [0.4, 0.5) is 0 Å². The van der Waals surface area contributed by atoms with Gasteiger partial charge in [0.25, 0.3) is 10.5 Å². The minimum Gasteiger partial charge on any atom is -0.276 e. The second-order valence-corrected chi connectivity index (χ2v) is 4.69. The van der Waals surface area contributed by atoms with E-state index in [1.807, 2.05) is 27.7 Å². The van der Waals surface area contributed by atoms with E-state index in [1.165, 1.54) is 0 Å². The van der Waals surface area contributed by atoms with Gasteiger partial charge in [0.1, 0.15) is 0 Å². The fourth-order valence-electron chi connectivity index (χ4n) is 2.12. The third-order valence-electron chi connectivity index (χ3n) is 3.23. The SMILES string of the molecule is CCc1c(C(=O)Cl)c(C)c(C)c(C)c1C(=O)Cl. The van der Waals surface area contributed by atoms with Crippen LogP contribution in [0.15, 0.2) is 0 Å². The minimum absolute atomic E-state index is 0.418. The Labute approximate surface area is 111 Å². The standard InChI is InChI=1S/C13H14Cl2O2/c1-5-9-10(12(14)16)7(3)6(2)8(4)11(9)13(15)17/h5H2,1-4H3. The number of hydrogen-bond acceptors (Lipinski definition) is 2. The summed E-state index contributed by atoms with van der Waals surface area (Å²) in [5.41, 5.74) is 4.00. The molecule has 0 atom stereocenters. The average Bonchev–Trinajstić information content (AvgIpc) is 2.23. The van der Waals surface area contributed by atoms with Gasteiger partial charge in [-0.25, -0.2) is 0 Å². The third kappa shape index (κ3) is 2.38. The van der Waals surface area contributed by atoms with E-state index in [0.29, 0.717) is 23.1 Å². The Morgan fingerprint density at radius 2 is 1.24 bits per heavy atom. The lowest BCUT2D eigenvalue weighted by atomic mass is 9.88. The molecule has 0 aliphatic rings. The largest absolute Gasteiger partial charge is 0.276 e. The molecule has 0 N–H and O–H groups in total. The van der Waals surface area contributed by atoms with Crippen LogP contribution >= 0.6 is 23.2 Å². The molecule has 2 nitrogen and oxygen atoms in total. The lowest BCUT2D eigenvalue weighted by Crippen LogP contribution is -2.11. The monoisotopic (exact) mass is 272 g/mol. The van der Waals surface area contributed by atoms with Crippen molar-refractivity contribution in [1.82, 2.24) is 0 Å². The lowest BCUT2D eigenvalue weighted by molar-refractivity contribution is 0.107. The highest BCUT2D eigenvalue weighted by Crippen LogP contribution is 2.29. The molecule has 92 valence electrons. The van der Waals surface area contributed by atoms with Crippen LogP contribution < -0.4 is 0 Å². The van der Waals surface area contributed by atoms with Crippen molar-refractivity contribution >= 4 is 33.7 Å². The van der Waals surface area contributed by atoms with Crippen LogP contribution in [0.5, 0.6) is 0 Å². The van der Waals surface area contributed by atoms with Gasteiger partial charge in [-0.2, -0.15) is 0 Å². The van der Waals surface area contributed by atoms with Crippen LogP contribution in [0.2, 0.25) is 0 Å². The van der Waals surface area contributed by atoms with Crippen molar-refractivity contribution < 1.29 is 9.59 Å². The smallest absolute Gasteiger partial charge is 0.252 e. The van der Waals surface area contributed by atoms with Crippen molar-refractivity contribution in [2.45, 2.75) is 34.1 Å². The number of carbonyl (C=O) groups is 2. The van der Waals surface area contributed by atoms with Crippen molar-refractivity contribution in [3.05, 3.63) is 33.4 Å². The molecule has 0 saturated heterocycles. The summed E-state index contributed by atoms with van der Waals surface area (Å²) in [5, 5.41) is -1.08. The molecule has 4 heteroatoms. The van der Waals surface area contributed by atoms with E-state index in [9.17, 15) is 9.59 Å². The molecule has 1 rings (SSSR count). The third-order valence-corrected chi connectivity index (χ3v) is 3.60. The highest BCUT2D eigenvalue weighted by Gasteiger charge is 2.22. The number of carbonyl (C=O) groups excluding carboxylic acids is 2. The first-order chi connectivity index (χ1) is 7.82. The number of rotatable bonds is 3. The molecule has 0 unspecified atom stereocenters. The van der Waals surface area contributed by atoms with Gasteiger partial charge in [-0.05, 0) is 72.6 Å². The summed E-state index contributed by atoms with van der Waals surface area (Å²) in [6.45, 7) is 7.39. The van der Waals surface area contributed by atoms with Gasteiger partial charge in [-0.15, -0.1) is 0 Å². The van der Waals surface area contributed by atoms with Crippen LogP contribution in [0.3, 0.4) is 0 Å². The lowest BCUT2D eigenvalue weighted by Gasteiger charge is -2.17. The van der Waals surface area contributed by atoms with Gasteiger partial charge in [0, 0.05) is 11.1 Å².